The molecule has 0 saturated heterocycles. The predicted octanol–water partition coefficient (Wildman–Crippen LogP) is 4.62. The Morgan fingerprint density at radius 3 is 2.11 bits per heavy atom. The summed E-state index contributed by atoms with van der Waals surface area (Å²) in [4.78, 5) is 27.4. The molecule has 3 aromatic carbocycles. The zero-order valence-electron chi connectivity index (χ0n) is 20.5. The third-order valence-corrected chi connectivity index (χ3v) is 7.49. The number of nitrogens with zero attached hydrogens (tertiary/aromatic N) is 2. The van der Waals surface area contributed by atoms with Gasteiger partial charge >= 0.3 is 0 Å². The molecule has 0 unspecified atom stereocenters. The van der Waals surface area contributed by atoms with E-state index < -0.39 is 10.0 Å². The van der Waals surface area contributed by atoms with Crippen LogP contribution >= 0.6 is 0 Å². The summed E-state index contributed by atoms with van der Waals surface area (Å²) in [7, 11) is -2.25. The average molecular weight is 494 g/mol. The molecule has 8 heteroatoms. The fourth-order valence-electron chi connectivity index (χ4n) is 3.60. The van der Waals surface area contributed by atoms with E-state index in [-0.39, 0.29) is 23.3 Å². The van der Waals surface area contributed by atoms with Crippen LogP contribution in [-0.4, -0.2) is 45.3 Å². The Morgan fingerprint density at radius 2 is 1.51 bits per heavy atom. The van der Waals surface area contributed by atoms with Crippen molar-refractivity contribution in [3.05, 3.63) is 89.5 Å². The Bertz CT molecular complexity index is 1290. The Hall–Kier alpha value is -3.65. The predicted molar refractivity (Wildman–Crippen MR) is 139 cm³/mol. The van der Waals surface area contributed by atoms with Crippen LogP contribution in [0.15, 0.2) is 77.7 Å². The Labute approximate surface area is 207 Å². The van der Waals surface area contributed by atoms with E-state index in [1.54, 1.807) is 48.5 Å². The zero-order chi connectivity index (χ0) is 25.6. The van der Waals surface area contributed by atoms with E-state index in [4.69, 9.17) is 0 Å². The van der Waals surface area contributed by atoms with E-state index in [9.17, 15) is 18.0 Å². The van der Waals surface area contributed by atoms with Gasteiger partial charge < -0.3 is 10.2 Å². The first kappa shape index (κ1) is 26.0. The van der Waals surface area contributed by atoms with Crippen molar-refractivity contribution in [1.82, 2.24) is 4.90 Å². The molecule has 35 heavy (non-hydrogen) atoms. The highest BCUT2D eigenvalue weighted by atomic mass is 32.2. The second kappa shape index (κ2) is 11.2. The number of hydrogen-bond acceptors (Lipinski definition) is 4. The van der Waals surface area contributed by atoms with Crippen molar-refractivity contribution in [2.75, 3.05) is 29.8 Å². The van der Waals surface area contributed by atoms with Gasteiger partial charge in [0.05, 0.1) is 10.6 Å². The van der Waals surface area contributed by atoms with Crippen LogP contribution in [0.3, 0.4) is 0 Å². The molecule has 3 rings (SSSR count). The molecule has 0 aliphatic heterocycles. The number of rotatable bonds is 9. The van der Waals surface area contributed by atoms with Gasteiger partial charge in [-0.1, -0.05) is 42.8 Å². The third-order valence-electron chi connectivity index (χ3n) is 5.69. The Morgan fingerprint density at radius 1 is 0.886 bits per heavy atom. The molecule has 0 fully saturated rings. The molecule has 0 aliphatic carbocycles. The highest BCUT2D eigenvalue weighted by molar-refractivity contribution is 7.92. The molecule has 0 atom stereocenters. The molecule has 0 radical (unpaired) electrons. The van der Waals surface area contributed by atoms with E-state index in [0.29, 0.717) is 29.9 Å². The smallest absolute Gasteiger partial charge is 0.264 e. The van der Waals surface area contributed by atoms with Crippen LogP contribution in [0.4, 0.5) is 11.4 Å². The molecule has 0 aromatic heterocycles. The Balaban J connectivity index is 1.73. The summed E-state index contributed by atoms with van der Waals surface area (Å²) in [5.41, 5.74) is 3.44. The number of carbonyl (C=O) groups is 2. The second-order valence-electron chi connectivity index (χ2n) is 8.42. The second-order valence-corrected chi connectivity index (χ2v) is 10.4. The van der Waals surface area contributed by atoms with Crippen LogP contribution in [0, 0.1) is 13.8 Å². The van der Waals surface area contributed by atoms with Crippen LogP contribution in [0.5, 0.6) is 0 Å². The number of para-hydroxylation sites is 1. The molecule has 1 N–H and O–H groups in total. The first-order valence-electron chi connectivity index (χ1n) is 11.4. The van der Waals surface area contributed by atoms with Crippen molar-refractivity contribution in [3.8, 4) is 0 Å². The molecule has 3 aromatic rings. The number of aryl methyl sites for hydroxylation is 2. The number of sulfonamides is 1. The molecule has 0 bridgehead atoms. The normalized spacial score (nSPS) is 11.1. The highest BCUT2D eigenvalue weighted by Gasteiger charge is 2.23. The van der Waals surface area contributed by atoms with Gasteiger partial charge in [0, 0.05) is 24.8 Å². The number of benzene rings is 3. The minimum Gasteiger partial charge on any atom is -0.329 e. The number of anilines is 2. The lowest BCUT2D eigenvalue weighted by Crippen LogP contribution is -2.38. The van der Waals surface area contributed by atoms with Crippen molar-refractivity contribution in [2.45, 2.75) is 32.1 Å². The summed E-state index contributed by atoms with van der Waals surface area (Å²) in [6, 6.07) is 20.5. The van der Waals surface area contributed by atoms with Gasteiger partial charge in [-0.25, -0.2) is 8.42 Å². The van der Waals surface area contributed by atoms with Crippen LogP contribution in [0.1, 0.15) is 34.8 Å². The van der Waals surface area contributed by atoms with Gasteiger partial charge in [-0.2, -0.15) is 0 Å². The SMILES string of the molecule is CCCN(CC(=O)Nc1ccccc1C)C(=O)c1ccc(N(C)S(=O)(=O)c2ccc(C)cc2)cc1. The minimum absolute atomic E-state index is 0.0789. The molecule has 0 aliphatic rings. The lowest BCUT2D eigenvalue weighted by atomic mass is 10.1. The van der Waals surface area contributed by atoms with E-state index >= 15 is 0 Å². The van der Waals surface area contributed by atoms with Gasteiger partial charge in [0.15, 0.2) is 0 Å². The maximum Gasteiger partial charge on any atom is 0.264 e. The molecule has 2 amide bonds. The quantitative estimate of drug-likeness (QED) is 0.471. The van der Waals surface area contributed by atoms with E-state index in [1.807, 2.05) is 45.0 Å². The van der Waals surface area contributed by atoms with Gasteiger partial charge in [-0.05, 0) is 68.3 Å². The van der Waals surface area contributed by atoms with Crippen LogP contribution in [0.2, 0.25) is 0 Å². The van der Waals surface area contributed by atoms with Crippen molar-refractivity contribution >= 4 is 33.2 Å². The van der Waals surface area contributed by atoms with E-state index in [1.165, 1.54) is 16.3 Å². The molecule has 0 spiro atoms. The topological polar surface area (TPSA) is 86.8 Å². The van der Waals surface area contributed by atoms with Gasteiger partial charge in [0.2, 0.25) is 5.91 Å². The number of nitrogens with one attached hydrogen (secondary N) is 1. The van der Waals surface area contributed by atoms with Gasteiger partial charge in [-0.15, -0.1) is 0 Å². The summed E-state index contributed by atoms with van der Waals surface area (Å²) >= 11 is 0. The summed E-state index contributed by atoms with van der Waals surface area (Å²) < 4.78 is 27.1. The maximum absolute atomic E-state index is 13.1. The lowest BCUT2D eigenvalue weighted by Gasteiger charge is -2.23. The summed E-state index contributed by atoms with van der Waals surface area (Å²) in [6.07, 6.45) is 0.693. The fourth-order valence-corrected chi connectivity index (χ4v) is 4.80. The molecule has 0 saturated carbocycles. The number of amides is 2. The fraction of sp³-hybridized carbons (Fsp3) is 0.259. The summed E-state index contributed by atoms with van der Waals surface area (Å²) in [6.45, 7) is 6.08. The van der Waals surface area contributed by atoms with Gasteiger partial charge in [-0.3, -0.25) is 13.9 Å². The van der Waals surface area contributed by atoms with Crippen LogP contribution in [-0.2, 0) is 14.8 Å². The first-order chi connectivity index (χ1) is 16.6. The molecular weight excluding hydrogens is 462 g/mol. The summed E-state index contributed by atoms with van der Waals surface area (Å²) in [5, 5.41) is 2.86. The van der Waals surface area contributed by atoms with E-state index in [2.05, 4.69) is 5.32 Å². The first-order valence-corrected chi connectivity index (χ1v) is 12.9. The third kappa shape index (κ3) is 6.27. The van der Waals surface area contributed by atoms with Crippen molar-refractivity contribution in [3.63, 3.8) is 0 Å². The van der Waals surface area contributed by atoms with Gasteiger partial charge in [0.1, 0.15) is 6.54 Å². The number of hydrogen-bond donors (Lipinski definition) is 1. The molecule has 0 heterocycles. The van der Waals surface area contributed by atoms with Crippen molar-refractivity contribution < 1.29 is 18.0 Å². The monoisotopic (exact) mass is 493 g/mol. The molecule has 7 nitrogen and oxygen atoms in total. The zero-order valence-corrected chi connectivity index (χ0v) is 21.3. The van der Waals surface area contributed by atoms with Gasteiger partial charge in [0.25, 0.3) is 15.9 Å². The average Bonchev–Trinajstić information content (AvgIpc) is 2.84. The van der Waals surface area contributed by atoms with Crippen LogP contribution < -0.4 is 9.62 Å². The molecular formula is C27H31N3O4S. The van der Waals surface area contributed by atoms with E-state index in [0.717, 1.165) is 11.1 Å². The Kier molecular flexibility index (Phi) is 8.30. The standard InChI is InChI=1S/C27H31N3O4S/c1-5-18-30(19-26(31)28-25-9-7-6-8-21(25)3)27(32)22-12-14-23(15-13-22)29(4)35(33,34)24-16-10-20(2)11-17-24/h6-17H,5,18-19H2,1-4H3,(H,28,31). The summed E-state index contributed by atoms with van der Waals surface area (Å²) in [5.74, 6) is -0.566. The van der Waals surface area contributed by atoms with Crippen molar-refractivity contribution in [1.29, 1.82) is 0 Å². The van der Waals surface area contributed by atoms with Crippen LogP contribution in [0.25, 0.3) is 0 Å². The minimum atomic E-state index is -3.73. The number of carbonyl (C=O) groups excluding carboxylic acids is 2. The highest BCUT2D eigenvalue weighted by Crippen LogP contribution is 2.23. The lowest BCUT2D eigenvalue weighted by molar-refractivity contribution is -0.116. The molecule has 184 valence electrons. The maximum atomic E-state index is 13.1. The van der Waals surface area contributed by atoms with Crippen molar-refractivity contribution in [2.24, 2.45) is 0 Å². The largest absolute Gasteiger partial charge is 0.329 e.